The van der Waals surface area contributed by atoms with Crippen LogP contribution in [0.3, 0.4) is 0 Å². The highest BCUT2D eigenvalue weighted by Gasteiger charge is 2.36. The monoisotopic (exact) mass is 832 g/mol. The number of nitrogens with zero attached hydrogens (tertiary/aromatic N) is 2. The molecule has 12 rings (SSSR count). The summed E-state index contributed by atoms with van der Waals surface area (Å²) in [5.41, 5.74) is 1.39. The lowest BCUT2D eigenvalue weighted by Crippen LogP contribution is -2.11. The molecule has 0 atom stereocenters. The molecule has 12 aromatic rings. The number of para-hydroxylation sites is 2. The summed E-state index contributed by atoms with van der Waals surface area (Å²) in [6, 6.07) is 46.3. The summed E-state index contributed by atoms with van der Waals surface area (Å²) in [6.07, 6.45) is -9.54. The molecular weight excluding hydrogens is 807 g/mol. The summed E-state index contributed by atoms with van der Waals surface area (Å²) in [6.45, 7) is 0. The normalized spacial score (nSPS) is 12.8. The van der Waals surface area contributed by atoms with E-state index in [1.807, 2.05) is 130 Å². The molecule has 8 aromatic carbocycles. The van der Waals surface area contributed by atoms with Gasteiger partial charge in [-0.25, -0.2) is 0 Å². The van der Waals surface area contributed by atoms with Gasteiger partial charge in [-0.15, -0.1) is 22.7 Å². The van der Waals surface area contributed by atoms with Gasteiger partial charge in [0.05, 0.1) is 54.0 Å². The number of thiophene rings is 2. The summed E-state index contributed by atoms with van der Waals surface area (Å²) in [4.78, 5) is 0. The molecule has 0 N–H and O–H groups in total. The lowest BCUT2D eigenvalue weighted by atomic mass is 9.96. The Morgan fingerprint density at radius 3 is 1.28 bits per heavy atom. The van der Waals surface area contributed by atoms with Gasteiger partial charge in [-0.05, 0) is 54.1 Å². The number of halogens is 6. The molecule has 290 valence electrons. The Morgan fingerprint density at radius 1 is 0.367 bits per heavy atom. The molecule has 0 spiro atoms. The van der Waals surface area contributed by atoms with Crippen LogP contribution in [0.25, 0.3) is 106 Å². The Bertz CT molecular complexity index is 3560. The minimum Gasteiger partial charge on any atom is -0.307 e. The van der Waals surface area contributed by atoms with Crippen LogP contribution in [-0.4, -0.2) is 9.13 Å². The molecule has 0 aliphatic heterocycles. The van der Waals surface area contributed by atoms with Crippen LogP contribution >= 0.6 is 22.7 Å². The minimum atomic E-state index is -4.83. The summed E-state index contributed by atoms with van der Waals surface area (Å²) in [7, 11) is 0. The average molecular weight is 833 g/mol. The van der Waals surface area contributed by atoms with E-state index in [9.17, 15) is 13.2 Å². The van der Waals surface area contributed by atoms with Gasteiger partial charge in [-0.3, -0.25) is 0 Å². The molecule has 0 amide bonds. The minimum absolute atomic E-state index is 0.116. The molecule has 0 unspecified atom stereocenters. The van der Waals surface area contributed by atoms with Crippen molar-refractivity contribution in [3.05, 3.63) is 169 Å². The Hall–Kier alpha value is -6.62. The number of rotatable bonds is 3. The molecular formula is C50H26F6N2S2. The first kappa shape index (κ1) is 35.3. The van der Waals surface area contributed by atoms with Crippen molar-refractivity contribution in [3.8, 4) is 22.5 Å². The molecule has 0 bridgehead atoms. The van der Waals surface area contributed by atoms with Crippen molar-refractivity contribution in [1.29, 1.82) is 0 Å². The fourth-order valence-electron chi connectivity index (χ4n) is 9.24. The van der Waals surface area contributed by atoms with E-state index in [1.54, 1.807) is 28.7 Å². The topological polar surface area (TPSA) is 9.86 Å². The molecule has 0 aliphatic rings. The van der Waals surface area contributed by atoms with Crippen LogP contribution in [0, 0.1) is 0 Å². The van der Waals surface area contributed by atoms with Gasteiger partial charge in [0, 0.05) is 58.1 Å². The van der Waals surface area contributed by atoms with Gasteiger partial charge < -0.3 is 9.13 Å². The summed E-state index contributed by atoms with van der Waals surface area (Å²) in [5, 5.41) is 7.16. The van der Waals surface area contributed by atoms with Crippen molar-refractivity contribution in [3.63, 3.8) is 0 Å². The van der Waals surface area contributed by atoms with Crippen molar-refractivity contribution in [2.45, 2.75) is 12.4 Å². The molecule has 0 radical (unpaired) electrons. The number of hydrogen-bond donors (Lipinski definition) is 0. The van der Waals surface area contributed by atoms with Gasteiger partial charge in [0.1, 0.15) is 0 Å². The Labute approximate surface area is 344 Å². The quantitative estimate of drug-likeness (QED) is 0.157. The van der Waals surface area contributed by atoms with E-state index >= 15 is 13.2 Å². The maximum absolute atomic E-state index is 15.7. The standard InChI is InChI=1S/C50H26F6N2S2/c51-49(52,53)28-11-9-10-27(24-28)44-40(57-38-16-5-1-12-30(38)34-20-22-36-32-14-3-7-18-42(32)59-47(36)45(34)57)25-29(50(54,55)56)26-41(44)58-39-17-6-2-13-31(39)35-21-23-37-33-15-4-8-19-43(33)60-48(37)46(35)58/h1-26H. The lowest BCUT2D eigenvalue weighted by Gasteiger charge is -2.23. The Balaban J connectivity index is 1.34. The zero-order valence-corrected chi connectivity index (χ0v) is 32.6. The second-order valence-corrected chi connectivity index (χ2v) is 17.1. The van der Waals surface area contributed by atoms with E-state index in [4.69, 9.17) is 0 Å². The zero-order valence-electron chi connectivity index (χ0n) is 31.0. The van der Waals surface area contributed by atoms with E-state index in [1.165, 1.54) is 6.07 Å². The van der Waals surface area contributed by atoms with Crippen molar-refractivity contribution in [1.82, 2.24) is 9.13 Å². The number of aromatic nitrogens is 2. The Kier molecular flexibility index (Phi) is 7.33. The second-order valence-electron chi connectivity index (χ2n) is 15.0. The summed E-state index contributed by atoms with van der Waals surface area (Å²) < 4.78 is 98.5. The lowest BCUT2D eigenvalue weighted by molar-refractivity contribution is -0.138. The van der Waals surface area contributed by atoms with Crippen molar-refractivity contribution in [2.24, 2.45) is 0 Å². The van der Waals surface area contributed by atoms with Gasteiger partial charge in [0.15, 0.2) is 0 Å². The highest BCUT2D eigenvalue weighted by atomic mass is 32.1. The second kappa shape index (κ2) is 12.5. The van der Waals surface area contributed by atoms with Gasteiger partial charge in [-0.2, -0.15) is 26.3 Å². The molecule has 0 fully saturated rings. The van der Waals surface area contributed by atoms with Crippen LogP contribution < -0.4 is 0 Å². The van der Waals surface area contributed by atoms with Gasteiger partial charge in [0.25, 0.3) is 0 Å². The first-order chi connectivity index (χ1) is 29.0. The number of alkyl halides is 6. The van der Waals surface area contributed by atoms with Crippen LogP contribution in [0.2, 0.25) is 0 Å². The first-order valence-electron chi connectivity index (χ1n) is 19.1. The Morgan fingerprint density at radius 2 is 0.800 bits per heavy atom. The van der Waals surface area contributed by atoms with Crippen molar-refractivity contribution >= 4 is 107 Å². The number of hydrogen-bond acceptors (Lipinski definition) is 2. The van der Waals surface area contributed by atoms with Gasteiger partial charge in [-0.1, -0.05) is 109 Å². The molecule has 0 saturated heterocycles. The predicted octanol–water partition coefficient (Wildman–Crippen LogP) is 16.3. The third-order valence-corrected chi connectivity index (χ3v) is 14.1. The highest BCUT2D eigenvalue weighted by Crippen LogP contribution is 2.50. The van der Waals surface area contributed by atoms with Crippen LogP contribution in [0.1, 0.15) is 11.1 Å². The molecule has 10 heteroatoms. The largest absolute Gasteiger partial charge is 0.416 e. The molecule has 0 aliphatic carbocycles. The number of fused-ring (bicyclic) bond motifs is 14. The first-order valence-corrected chi connectivity index (χ1v) is 20.8. The molecule has 60 heavy (non-hydrogen) atoms. The maximum atomic E-state index is 15.7. The van der Waals surface area contributed by atoms with Crippen LogP contribution in [0.15, 0.2) is 158 Å². The SMILES string of the molecule is FC(F)(F)c1cccc(-c2c(-n3c4ccccc4c4ccc5c6ccccc6sc5c43)cc(C(F)(F)F)cc2-n2c3ccccc3c3ccc4c5ccccc5sc4c32)c1. The van der Waals surface area contributed by atoms with Crippen LogP contribution in [0.4, 0.5) is 26.3 Å². The third-order valence-electron chi connectivity index (χ3n) is 11.7. The third kappa shape index (κ3) is 5.01. The summed E-state index contributed by atoms with van der Waals surface area (Å²) in [5.74, 6) is 0. The maximum Gasteiger partial charge on any atom is 0.416 e. The molecule has 2 nitrogen and oxygen atoms in total. The highest BCUT2D eigenvalue weighted by molar-refractivity contribution is 7.27. The van der Waals surface area contributed by atoms with E-state index in [-0.39, 0.29) is 22.5 Å². The van der Waals surface area contributed by atoms with Crippen molar-refractivity contribution < 1.29 is 26.3 Å². The molecule has 0 saturated carbocycles. The predicted molar refractivity (Wildman–Crippen MR) is 236 cm³/mol. The molecule has 4 heterocycles. The fourth-order valence-corrected chi connectivity index (χ4v) is 11.7. The van der Waals surface area contributed by atoms with E-state index < -0.39 is 23.5 Å². The van der Waals surface area contributed by atoms with E-state index in [0.717, 1.165) is 86.2 Å². The van der Waals surface area contributed by atoms with E-state index in [0.29, 0.717) is 22.1 Å². The van der Waals surface area contributed by atoms with Gasteiger partial charge >= 0.3 is 12.4 Å². The van der Waals surface area contributed by atoms with Crippen LogP contribution in [-0.2, 0) is 12.4 Å². The average Bonchev–Trinajstić information content (AvgIpc) is 4.00. The number of benzene rings is 8. The van der Waals surface area contributed by atoms with Crippen LogP contribution in [0.5, 0.6) is 0 Å². The van der Waals surface area contributed by atoms with Gasteiger partial charge in [0.2, 0.25) is 0 Å². The molecule has 4 aromatic heterocycles. The smallest absolute Gasteiger partial charge is 0.307 e. The fraction of sp³-hybridized carbons (Fsp3) is 0.0400. The van der Waals surface area contributed by atoms with E-state index in [2.05, 4.69) is 0 Å². The summed E-state index contributed by atoms with van der Waals surface area (Å²) >= 11 is 3.09. The zero-order chi connectivity index (χ0) is 40.7. The van der Waals surface area contributed by atoms with Crippen molar-refractivity contribution in [2.75, 3.05) is 0 Å².